The predicted octanol–water partition coefficient (Wildman–Crippen LogP) is 5.91. The first-order valence-electron chi connectivity index (χ1n) is 9.73. The van der Waals surface area contributed by atoms with Crippen LogP contribution in [-0.4, -0.2) is 33.4 Å². The largest absolute Gasteiger partial charge is 0.354 e. The third-order valence-corrected chi connectivity index (χ3v) is 5.66. The number of carbonyl (C=O) groups is 1. The molecule has 1 aliphatic rings. The number of hydrogen-bond acceptors (Lipinski definition) is 4. The molecule has 5 nitrogen and oxygen atoms in total. The summed E-state index contributed by atoms with van der Waals surface area (Å²) in [6.07, 6.45) is 4.66. The first kappa shape index (κ1) is 22.2. The summed E-state index contributed by atoms with van der Waals surface area (Å²) in [6, 6.07) is 8.40. The van der Waals surface area contributed by atoms with E-state index >= 15 is 0 Å². The summed E-state index contributed by atoms with van der Waals surface area (Å²) >= 11 is 5.81. The van der Waals surface area contributed by atoms with E-state index in [1.807, 2.05) is 24.0 Å². The lowest BCUT2D eigenvalue weighted by Crippen LogP contribution is -2.42. The maximum Gasteiger partial charge on any atom is 0.257 e. The van der Waals surface area contributed by atoms with Gasteiger partial charge < -0.3 is 10.2 Å². The van der Waals surface area contributed by atoms with E-state index in [9.17, 15) is 9.18 Å². The van der Waals surface area contributed by atoms with Gasteiger partial charge in [0.25, 0.3) is 5.91 Å². The Morgan fingerprint density at radius 3 is 2.80 bits per heavy atom. The maximum absolute atomic E-state index is 14.0. The molecule has 0 spiro atoms. The van der Waals surface area contributed by atoms with Gasteiger partial charge in [-0.25, -0.2) is 14.4 Å². The van der Waals surface area contributed by atoms with Crippen molar-refractivity contribution in [1.82, 2.24) is 14.9 Å². The second kappa shape index (κ2) is 9.14. The van der Waals surface area contributed by atoms with Crippen molar-refractivity contribution >= 4 is 52.3 Å². The van der Waals surface area contributed by atoms with E-state index in [1.165, 1.54) is 12.1 Å². The number of amides is 1. The second-order valence-electron chi connectivity index (χ2n) is 7.47. The summed E-state index contributed by atoms with van der Waals surface area (Å²) in [6.45, 7) is 4.68. The fourth-order valence-electron chi connectivity index (χ4n) is 3.74. The zero-order valence-corrected chi connectivity index (χ0v) is 18.4. The van der Waals surface area contributed by atoms with Crippen molar-refractivity contribution < 1.29 is 9.18 Å². The van der Waals surface area contributed by atoms with Gasteiger partial charge in [0.05, 0.1) is 16.3 Å². The molecule has 1 unspecified atom stereocenters. The van der Waals surface area contributed by atoms with Gasteiger partial charge in [-0.3, -0.25) is 4.79 Å². The molecule has 0 aliphatic carbocycles. The Hall–Kier alpha value is -2.44. The van der Waals surface area contributed by atoms with Gasteiger partial charge in [-0.2, -0.15) is 0 Å². The number of anilines is 2. The molecule has 30 heavy (non-hydrogen) atoms. The molecule has 1 N–H and O–H groups in total. The van der Waals surface area contributed by atoms with Gasteiger partial charge in [-0.05, 0) is 63.4 Å². The summed E-state index contributed by atoms with van der Waals surface area (Å²) in [7, 11) is 0. The molecular weight excluding hydrogens is 426 g/mol. The Balaban J connectivity index is 0.00000256. The number of nitrogens with one attached hydrogen (secondary N) is 1. The summed E-state index contributed by atoms with van der Waals surface area (Å²) in [5.41, 5.74) is 2.89. The lowest BCUT2D eigenvalue weighted by molar-refractivity contribution is 0.0636. The quantitative estimate of drug-likeness (QED) is 0.540. The average molecular weight is 449 g/mol. The molecule has 1 aromatic carbocycles. The zero-order chi connectivity index (χ0) is 20.5. The smallest absolute Gasteiger partial charge is 0.257 e. The van der Waals surface area contributed by atoms with Crippen LogP contribution in [0.25, 0.3) is 11.0 Å². The first-order valence-corrected chi connectivity index (χ1v) is 10.1. The lowest BCUT2D eigenvalue weighted by Gasteiger charge is -2.34. The Bertz CT molecular complexity index is 1090. The molecule has 1 atom stereocenters. The van der Waals surface area contributed by atoms with Crippen molar-refractivity contribution in [2.24, 2.45) is 0 Å². The molecule has 3 aromatic rings. The molecule has 0 saturated carbocycles. The first-order chi connectivity index (χ1) is 13.9. The molecule has 1 saturated heterocycles. The minimum Gasteiger partial charge on any atom is -0.354 e. The van der Waals surface area contributed by atoms with Crippen molar-refractivity contribution in [2.45, 2.75) is 39.2 Å². The number of aromatic nitrogens is 2. The second-order valence-corrected chi connectivity index (χ2v) is 7.88. The number of hydrogen-bond donors (Lipinski definition) is 1. The SMILES string of the molecule is Cc1ccc2c(Nc3ccc(Cl)c(F)c3)c(C(=O)N3CCCCC3C)cnc2n1.Cl. The van der Waals surface area contributed by atoms with Crippen LogP contribution in [0.15, 0.2) is 36.5 Å². The molecule has 0 radical (unpaired) electrons. The molecular formula is C22H23Cl2FN4O. The minimum absolute atomic E-state index is 0. The summed E-state index contributed by atoms with van der Waals surface area (Å²) < 4.78 is 14.0. The van der Waals surface area contributed by atoms with Crippen LogP contribution >= 0.6 is 24.0 Å². The van der Waals surface area contributed by atoms with Gasteiger partial charge in [0.15, 0.2) is 5.65 Å². The fraction of sp³-hybridized carbons (Fsp3) is 0.318. The van der Waals surface area contributed by atoms with E-state index in [4.69, 9.17) is 11.6 Å². The predicted molar refractivity (Wildman–Crippen MR) is 121 cm³/mol. The van der Waals surface area contributed by atoms with Crippen LogP contribution in [0.5, 0.6) is 0 Å². The molecule has 1 fully saturated rings. The van der Waals surface area contributed by atoms with Crippen LogP contribution < -0.4 is 5.32 Å². The van der Waals surface area contributed by atoms with Gasteiger partial charge in [-0.15, -0.1) is 12.4 Å². The lowest BCUT2D eigenvalue weighted by atomic mass is 10.0. The third kappa shape index (κ3) is 4.35. The van der Waals surface area contributed by atoms with Gasteiger partial charge in [0, 0.05) is 35.6 Å². The fourth-order valence-corrected chi connectivity index (χ4v) is 3.86. The standard InChI is InChI=1S/C22H22ClFN4O.ClH/c1-13-6-8-16-20(27-15-7-9-18(23)19(24)11-15)17(12-25-21(16)26-13)22(29)28-10-4-3-5-14(28)2;/h6-9,11-12,14H,3-5,10H2,1-2H3,(H,25,26,27);1H. The Morgan fingerprint density at radius 1 is 1.27 bits per heavy atom. The highest BCUT2D eigenvalue weighted by Crippen LogP contribution is 2.32. The molecule has 0 bridgehead atoms. The van der Waals surface area contributed by atoms with E-state index in [0.29, 0.717) is 28.0 Å². The number of carbonyl (C=O) groups excluding carboxylic acids is 1. The third-order valence-electron chi connectivity index (χ3n) is 5.35. The minimum atomic E-state index is -0.526. The summed E-state index contributed by atoms with van der Waals surface area (Å²) in [5, 5.41) is 3.97. The molecule has 1 aliphatic heterocycles. The van der Waals surface area contributed by atoms with Crippen molar-refractivity contribution in [1.29, 1.82) is 0 Å². The number of nitrogens with zero attached hydrogens (tertiary/aromatic N) is 3. The molecule has 1 amide bonds. The van der Waals surface area contributed by atoms with Crippen LogP contribution in [0.4, 0.5) is 15.8 Å². The average Bonchev–Trinajstić information content (AvgIpc) is 2.70. The summed E-state index contributed by atoms with van der Waals surface area (Å²) in [5.74, 6) is -0.606. The summed E-state index contributed by atoms with van der Waals surface area (Å²) in [4.78, 5) is 24.2. The van der Waals surface area contributed by atoms with Gasteiger partial charge in [0.2, 0.25) is 0 Å². The van der Waals surface area contributed by atoms with Crippen LogP contribution in [0, 0.1) is 12.7 Å². The molecule has 2 aromatic heterocycles. The number of rotatable bonds is 3. The maximum atomic E-state index is 14.0. The Morgan fingerprint density at radius 2 is 2.07 bits per heavy atom. The highest BCUT2D eigenvalue weighted by atomic mass is 35.5. The van der Waals surface area contributed by atoms with Crippen LogP contribution in [0.2, 0.25) is 5.02 Å². The molecule has 3 heterocycles. The van der Waals surface area contributed by atoms with Gasteiger partial charge >= 0.3 is 0 Å². The van der Waals surface area contributed by atoms with Crippen molar-refractivity contribution in [3.63, 3.8) is 0 Å². The van der Waals surface area contributed by atoms with E-state index in [-0.39, 0.29) is 29.4 Å². The highest BCUT2D eigenvalue weighted by Gasteiger charge is 2.27. The Kier molecular flexibility index (Phi) is 6.78. The number of piperidine rings is 1. The number of benzene rings is 1. The van der Waals surface area contributed by atoms with Crippen molar-refractivity contribution in [3.8, 4) is 0 Å². The number of likely N-dealkylation sites (tertiary alicyclic amines) is 1. The zero-order valence-electron chi connectivity index (χ0n) is 16.8. The van der Waals surface area contributed by atoms with E-state index in [0.717, 1.165) is 31.5 Å². The van der Waals surface area contributed by atoms with Crippen molar-refractivity contribution in [2.75, 3.05) is 11.9 Å². The number of halogens is 3. The highest BCUT2D eigenvalue weighted by molar-refractivity contribution is 6.30. The molecule has 158 valence electrons. The van der Waals surface area contributed by atoms with Crippen molar-refractivity contribution in [3.05, 3.63) is 58.6 Å². The Labute approximate surface area is 186 Å². The van der Waals surface area contributed by atoms with E-state index in [1.54, 1.807) is 12.3 Å². The van der Waals surface area contributed by atoms with Crippen LogP contribution in [0.3, 0.4) is 0 Å². The van der Waals surface area contributed by atoms with Gasteiger partial charge in [-0.1, -0.05) is 11.6 Å². The number of aryl methyl sites for hydroxylation is 1. The van der Waals surface area contributed by atoms with E-state index in [2.05, 4.69) is 22.2 Å². The molecule has 8 heteroatoms. The molecule has 4 rings (SSSR count). The number of pyridine rings is 2. The number of fused-ring (bicyclic) bond motifs is 1. The van der Waals surface area contributed by atoms with Crippen LogP contribution in [0.1, 0.15) is 42.2 Å². The van der Waals surface area contributed by atoms with E-state index < -0.39 is 5.82 Å². The normalized spacial score (nSPS) is 16.3. The van der Waals surface area contributed by atoms with Gasteiger partial charge in [0.1, 0.15) is 5.82 Å². The topological polar surface area (TPSA) is 58.1 Å². The monoisotopic (exact) mass is 448 g/mol. The van der Waals surface area contributed by atoms with Crippen LogP contribution in [-0.2, 0) is 0 Å².